The average molecular weight is 249 g/mol. The molecule has 1 N–H and O–H groups in total. The first-order chi connectivity index (χ1) is 8.56. The van der Waals surface area contributed by atoms with Gasteiger partial charge in [0.2, 0.25) is 0 Å². The third kappa shape index (κ3) is 11.7. The molecule has 0 fully saturated rings. The lowest BCUT2D eigenvalue weighted by Crippen LogP contribution is -2.11. The minimum atomic E-state index is 0.776. The lowest BCUT2D eigenvalue weighted by Gasteiger charge is -2.06. The SMILES string of the molecule is CCNCC=C(C)C=CCC(C)CCC=C(C)C. The standard InChI is InChI=1S/C17H31N/c1-6-18-14-13-17(5)12-8-11-16(4)10-7-9-15(2)3/h8-9,12-13,16,18H,6-7,10-11,14H2,1-5H3. The monoisotopic (exact) mass is 249 g/mol. The molecule has 0 aromatic carbocycles. The van der Waals surface area contributed by atoms with E-state index in [1.54, 1.807) is 0 Å². The fourth-order valence-corrected chi connectivity index (χ4v) is 1.71. The first-order valence-corrected chi connectivity index (χ1v) is 7.23. The Kier molecular flexibility index (Phi) is 10.8. The van der Waals surface area contributed by atoms with E-state index in [4.69, 9.17) is 0 Å². The molecular formula is C17H31N. The molecule has 0 rings (SSSR count). The molecule has 1 heteroatoms. The second-order valence-electron chi connectivity index (χ2n) is 5.36. The van der Waals surface area contributed by atoms with E-state index in [0.29, 0.717) is 0 Å². The van der Waals surface area contributed by atoms with Gasteiger partial charge in [-0.1, -0.05) is 49.3 Å². The predicted octanol–water partition coefficient (Wildman–Crippen LogP) is 4.87. The summed E-state index contributed by atoms with van der Waals surface area (Å²) in [5.41, 5.74) is 2.78. The Hall–Kier alpha value is -0.820. The van der Waals surface area contributed by atoms with Crippen molar-refractivity contribution in [2.75, 3.05) is 13.1 Å². The molecule has 0 aliphatic rings. The normalized spacial score (nSPS) is 13.9. The molecule has 0 saturated heterocycles. The summed E-state index contributed by atoms with van der Waals surface area (Å²) in [6.07, 6.45) is 12.8. The van der Waals surface area contributed by atoms with Crippen molar-refractivity contribution in [3.8, 4) is 0 Å². The van der Waals surface area contributed by atoms with Gasteiger partial charge in [0.25, 0.3) is 0 Å². The molecule has 0 amide bonds. The Morgan fingerprint density at radius 3 is 2.50 bits per heavy atom. The Morgan fingerprint density at radius 2 is 1.89 bits per heavy atom. The summed E-state index contributed by atoms with van der Waals surface area (Å²) in [7, 11) is 0. The van der Waals surface area contributed by atoms with Gasteiger partial charge in [-0.05, 0) is 52.5 Å². The minimum absolute atomic E-state index is 0.776. The van der Waals surface area contributed by atoms with Gasteiger partial charge in [0.1, 0.15) is 0 Å². The zero-order valence-corrected chi connectivity index (χ0v) is 12.9. The maximum absolute atomic E-state index is 3.30. The van der Waals surface area contributed by atoms with Crippen molar-refractivity contribution in [1.29, 1.82) is 0 Å². The van der Waals surface area contributed by atoms with E-state index in [1.165, 1.54) is 30.4 Å². The molecule has 0 heterocycles. The van der Waals surface area contributed by atoms with Crippen molar-refractivity contribution < 1.29 is 0 Å². The summed E-state index contributed by atoms with van der Waals surface area (Å²) in [5, 5.41) is 3.30. The Balaban J connectivity index is 3.79. The third-order valence-corrected chi connectivity index (χ3v) is 2.95. The highest BCUT2D eigenvalue weighted by Gasteiger charge is 1.97. The summed E-state index contributed by atoms with van der Waals surface area (Å²) in [4.78, 5) is 0. The third-order valence-electron chi connectivity index (χ3n) is 2.95. The highest BCUT2D eigenvalue weighted by Crippen LogP contribution is 2.12. The Bertz CT molecular complexity index is 280. The zero-order chi connectivity index (χ0) is 13.8. The number of nitrogens with one attached hydrogen (secondary N) is 1. The van der Waals surface area contributed by atoms with Crippen molar-refractivity contribution in [3.05, 3.63) is 35.5 Å². The number of hydrogen-bond donors (Lipinski definition) is 1. The first kappa shape index (κ1) is 17.2. The second-order valence-corrected chi connectivity index (χ2v) is 5.36. The fraction of sp³-hybridized carbons (Fsp3) is 0.647. The van der Waals surface area contributed by atoms with Crippen LogP contribution in [0.5, 0.6) is 0 Å². The van der Waals surface area contributed by atoms with Gasteiger partial charge in [-0.2, -0.15) is 0 Å². The van der Waals surface area contributed by atoms with E-state index in [1.807, 2.05) is 0 Å². The van der Waals surface area contributed by atoms with E-state index in [9.17, 15) is 0 Å². The molecule has 0 radical (unpaired) electrons. The van der Waals surface area contributed by atoms with E-state index in [0.717, 1.165) is 19.0 Å². The Morgan fingerprint density at radius 1 is 1.17 bits per heavy atom. The van der Waals surface area contributed by atoms with E-state index < -0.39 is 0 Å². The van der Waals surface area contributed by atoms with Crippen LogP contribution in [0.3, 0.4) is 0 Å². The van der Waals surface area contributed by atoms with Gasteiger partial charge >= 0.3 is 0 Å². The lowest BCUT2D eigenvalue weighted by atomic mass is 10.0. The molecule has 0 aromatic heterocycles. The molecule has 0 aromatic rings. The quantitative estimate of drug-likeness (QED) is 0.349. The number of hydrogen-bond acceptors (Lipinski definition) is 1. The molecule has 104 valence electrons. The summed E-state index contributed by atoms with van der Waals surface area (Å²) in [5.74, 6) is 0.776. The first-order valence-electron chi connectivity index (χ1n) is 7.23. The van der Waals surface area contributed by atoms with Crippen LogP contribution >= 0.6 is 0 Å². The van der Waals surface area contributed by atoms with E-state index in [-0.39, 0.29) is 0 Å². The molecule has 0 bridgehead atoms. The van der Waals surface area contributed by atoms with Crippen LogP contribution in [0.2, 0.25) is 0 Å². The van der Waals surface area contributed by atoms with E-state index >= 15 is 0 Å². The largest absolute Gasteiger partial charge is 0.314 e. The lowest BCUT2D eigenvalue weighted by molar-refractivity contribution is 0.545. The molecule has 1 atom stereocenters. The molecule has 1 unspecified atom stereocenters. The van der Waals surface area contributed by atoms with Crippen LogP contribution in [-0.4, -0.2) is 13.1 Å². The van der Waals surface area contributed by atoms with Crippen LogP contribution < -0.4 is 5.32 Å². The van der Waals surface area contributed by atoms with Gasteiger partial charge in [0.05, 0.1) is 0 Å². The summed E-state index contributed by atoms with van der Waals surface area (Å²) in [6, 6.07) is 0. The van der Waals surface area contributed by atoms with Crippen molar-refractivity contribution in [1.82, 2.24) is 5.32 Å². The van der Waals surface area contributed by atoms with Crippen molar-refractivity contribution in [2.24, 2.45) is 5.92 Å². The highest BCUT2D eigenvalue weighted by molar-refractivity contribution is 5.16. The average Bonchev–Trinajstić information content (AvgIpc) is 2.29. The minimum Gasteiger partial charge on any atom is -0.314 e. The van der Waals surface area contributed by atoms with Crippen LogP contribution in [0.1, 0.15) is 53.9 Å². The summed E-state index contributed by atoms with van der Waals surface area (Å²) < 4.78 is 0. The van der Waals surface area contributed by atoms with Crippen LogP contribution in [0.15, 0.2) is 35.5 Å². The predicted molar refractivity (Wildman–Crippen MR) is 83.9 cm³/mol. The maximum atomic E-state index is 3.30. The molecule has 0 spiro atoms. The molecule has 18 heavy (non-hydrogen) atoms. The number of rotatable bonds is 9. The number of allylic oxidation sites excluding steroid dienone is 5. The molecule has 1 nitrogen and oxygen atoms in total. The van der Waals surface area contributed by atoms with Gasteiger partial charge in [0, 0.05) is 6.54 Å². The van der Waals surface area contributed by atoms with Crippen molar-refractivity contribution in [2.45, 2.75) is 53.9 Å². The molecular weight excluding hydrogens is 218 g/mol. The van der Waals surface area contributed by atoms with Crippen LogP contribution in [-0.2, 0) is 0 Å². The molecule has 0 aliphatic carbocycles. The van der Waals surface area contributed by atoms with Crippen LogP contribution in [0.25, 0.3) is 0 Å². The maximum Gasteiger partial charge on any atom is 0.0140 e. The summed E-state index contributed by atoms with van der Waals surface area (Å²) >= 11 is 0. The fourth-order valence-electron chi connectivity index (χ4n) is 1.71. The zero-order valence-electron chi connectivity index (χ0n) is 12.9. The number of likely N-dealkylation sites (N-methyl/N-ethyl adjacent to an activating group) is 1. The summed E-state index contributed by atoms with van der Waals surface area (Å²) in [6.45, 7) is 13.0. The smallest absolute Gasteiger partial charge is 0.0140 e. The van der Waals surface area contributed by atoms with Gasteiger partial charge in [-0.25, -0.2) is 0 Å². The van der Waals surface area contributed by atoms with Crippen molar-refractivity contribution in [3.63, 3.8) is 0 Å². The van der Waals surface area contributed by atoms with Gasteiger partial charge in [-0.15, -0.1) is 0 Å². The Labute approximate surface area is 114 Å². The molecule has 0 aliphatic heterocycles. The van der Waals surface area contributed by atoms with Crippen molar-refractivity contribution >= 4 is 0 Å². The van der Waals surface area contributed by atoms with Gasteiger partial charge in [-0.3, -0.25) is 0 Å². The van der Waals surface area contributed by atoms with Gasteiger partial charge < -0.3 is 5.32 Å². The topological polar surface area (TPSA) is 12.0 Å². The van der Waals surface area contributed by atoms with E-state index in [2.05, 4.69) is 64.2 Å². The highest BCUT2D eigenvalue weighted by atomic mass is 14.8. The molecule has 0 saturated carbocycles. The van der Waals surface area contributed by atoms with Crippen LogP contribution in [0, 0.1) is 5.92 Å². The van der Waals surface area contributed by atoms with Gasteiger partial charge in [0.15, 0.2) is 0 Å². The van der Waals surface area contributed by atoms with Crippen LogP contribution in [0.4, 0.5) is 0 Å². The second kappa shape index (κ2) is 11.3.